The van der Waals surface area contributed by atoms with Crippen molar-refractivity contribution in [3.8, 4) is 0 Å². The van der Waals surface area contributed by atoms with Crippen LogP contribution in [0.25, 0.3) is 0 Å². The standard InChI is InChI=1S/C12H22N2OS/c1-4-5-8-15-9-6-14-12(2,3)11-13-7-10-16-11/h7,10,14H,4-6,8-9H2,1-3H3. The van der Waals surface area contributed by atoms with Crippen LogP contribution >= 0.6 is 11.3 Å². The molecule has 0 fully saturated rings. The lowest BCUT2D eigenvalue weighted by atomic mass is 10.1. The lowest BCUT2D eigenvalue weighted by Gasteiger charge is -2.23. The smallest absolute Gasteiger partial charge is 0.112 e. The Hall–Kier alpha value is -0.450. The third kappa shape index (κ3) is 4.60. The first-order valence-corrected chi connectivity index (χ1v) is 6.77. The number of thiazole rings is 1. The van der Waals surface area contributed by atoms with Crippen LogP contribution in [-0.2, 0) is 10.3 Å². The third-order valence-corrected chi connectivity index (χ3v) is 3.52. The first-order chi connectivity index (χ1) is 7.67. The molecule has 0 aliphatic rings. The molecule has 1 N–H and O–H groups in total. The van der Waals surface area contributed by atoms with Crippen molar-refractivity contribution in [3.63, 3.8) is 0 Å². The molecule has 0 aromatic carbocycles. The molecule has 0 unspecified atom stereocenters. The van der Waals surface area contributed by atoms with E-state index in [9.17, 15) is 0 Å². The molecule has 4 heteroatoms. The van der Waals surface area contributed by atoms with Gasteiger partial charge < -0.3 is 10.1 Å². The van der Waals surface area contributed by atoms with Crippen LogP contribution in [-0.4, -0.2) is 24.7 Å². The Morgan fingerprint density at radius 3 is 2.88 bits per heavy atom. The van der Waals surface area contributed by atoms with Gasteiger partial charge in [0.2, 0.25) is 0 Å². The van der Waals surface area contributed by atoms with Gasteiger partial charge in [-0.25, -0.2) is 4.98 Å². The van der Waals surface area contributed by atoms with Gasteiger partial charge in [0.15, 0.2) is 0 Å². The van der Waals surface area contributed by atoms with Gasteiger partial charge in [-0.05, 0) is 20.3 Å². The Bertz CT molecular complexity index is 273. The van der Waals surface area contributed by atoms with Crippen molar-refractivity contribution in [2.45, 2.75) is 39.2 Å². The second-order valence-corrected chi connectivity index (χ2v) is 5.25. The summed E-state index contributed by atoms with van der Waals surface area (Å²) >= 11 is 1.69. The minimum absolute atomic E-state index is 0.0533. The van der Waals surface area contributed by atoms with Gasteiger partial charge in [-0.3, -0.25) is 0 Å². The SMILES string of the molecule is CCCCOCCNC(C)(C)c1nccs1. The normalized spacial score (nSPS) is 11.9. The Balaban J connectivity index is 2.17. The number of hydrogen-bond donors (Lipinski definition) is 1. The molecule has 0 aliphatic carbocycles. The van der Waals surface area contributed by atoms with E-state index in [1.54, 1.807) is 11.3 Å². The highest BCUT2D eigenvalue weighted by molar-refractivity contribution is 7.09. The van der Waals surface area contributed by atoms with Gasteiger partial charge in [0.1, 0.15) is 5.01 Å². The van der Waals surface area contributed by atoms with Crippen LogP contribution in [0, 0.1) is 0 Å². The summed E-state index contributed by atoms with van der Waals surface area (Å²) in [6.45, 7) is 8.99. The van der Waals surface area contributed by atoms with Gasteiger partial charge in [0.25, 0.3) is 0 Å². The van der Waals surface area contributed by atoms with Gasteiger partial charge >= 0.3 is 0 Å². The minimum Gasteiger partial charge on any atom is -0.380 e. The zero-order chi connectivity index (χ0) is 11.9. The monoisotopic (exact) mass is 242 g/mol. The van der Waals surface area contributed by atoms with E-state index >= 15 is 0 Å². The molecule has 0 aliphatic heterocycles. The van der Waals surface area contributed by atoms with Crippen molar-refractivity contribution >= 4 is 11.3 Å². The van der Waals surface area contributed by atoms with Gasteiger partial charge in [0.05, 0.1) is 12.1 Å². The number of rotatable bonds is 8. The van der Waals surface area contributed by atoms with Gasteiger partial charge in [-0.2, -0.15) is 0 Å². The maximum absolute atomic E-state index is 5.51. The molecule has 0 saturated heterocycles. The van der Waals surface area contributed by atoms with E-state index in [1.807, 2.05) is 11.6 Å². The van der Waals surface area contributed by atoms with E-state index < -0.39 is 0 Å². The zero-order valence-corrected chi connectivity index (χ0v) is 11.3. The van der Waals surface area contributed by atoms with Crippen molar-refractivity contribution in [1.82, 2.24) is 10.3 Å². The Morgan fingerprint density at radius 2 is 2.25 bits per heavy atom. The van der Waals surface area contributed by atoms with E-state index in [4.69, 9.17) is 4.74 Å². The molecule has 0 atom stereocenters. The second-order valence-electron chi connectivity index (χ2n) is 4.35. The maximum Gasteiger partial charge on any atom is 0.112 e. The van der Waals surface area contributed by atoms with Crippen LogP contribution in [0.3, 0.4) is 0 Å². The van der Waals surface area contributed by atoms with E-state index in [1.165, 1.54) is 6.42 Å². The number of unbranched alkanes of at least 4 members (excludes halogenated alkanes) is 1. The Morgan fingerprint density at radius 1 is 1.44 bits per heavy atom. The number of ether oxygens (including phenoxy) is 1. The number of aromatic nitrogens is 1. The summed E-state index contributed by atoms with van der Waals surface area (Å²) in [4.78, 5) is 4.33. The quantitative estimate of drug-likeness (QED) is 0.712. The highest BCUT2D eigenvalue weighted by Crippen LogP contribution is 2.21. The number of nitrogens with one attached hydrogen (secondary N) is 1. The summed E-state index contributed by atoms with van der Waals surface area (Å²) in [5.74, 6) is 0. The molecule has 1 aromatic heterocycles. The van der Waals surface area contributed by atoms with Crippen LogP contribution in [0.4, 0.5) is 0 Å². The molecule has 1 rings (SSSR count). The summed E-state index contributed by atoms with van der Waals surface area (Å²) in [5, 5.41) is 6.60. The molecule has 16 heavy (non-hydrogen) atoms. The van der Waals surface area contributed by atoms with Crippen LogP contribution in [0.2, 0.25) is 0 Å². The first kappa shape index (κ1) is 13.6. The van der Waals surface area contributed by atoms with Gasteiger partial charge in [0, 0.05) is 24.7 Å². The predicted octanol–water partition coefficient (Wildman–Crippen LogP) is 2.78. The molecule has 0 amide bonds. The molecular formula is C12H22N2OS. The second kappa shape index (κ2) is 6.99. The average Bonchev–Trinajstić information content (AvgIpc) is 2.77. The van der Waals surface area contributed by atoms with E-state index in [-0.39, 0.29) is 5.54 Å². The summed E-state index contributed by atoms with van der Waals surface area (Å²) in [6, 6.07) is 0. The van der Waals surface area contributed by atoms with Crippen LogP contribution in [0.15, 0.2) is 11.6 Å². The number of nitrogens with zero attached hydrogens (tertiary/aromatic N) is 1. The largest absolute Gasteiger partial charge is 0.380 e. The summed E-state index contributed by atoms with van der Waals surface area (Å²) < 4.78 is 5.51. The lowest BCUT2D eigenvalue weighted by Crippen LogP contribution is -2.38. The van der Waals surface area contributed by atoms with Crippen molar-refractivity contribution in [2.24, 2.45) is 0 Å². The summed E-state index contributed by atoms with van der Waals surface area (Å²) in [7, 11) is 0. The van der Waals surface area contributed by atoms with Gasteiger partial charge in [-0.15, -0.1) is 11.3 Å². The summed E-state index contributed by atoms with van der Waals surface area (Å²) in [5.41, 5.74) is -0.0533. The fraction of sp³-hybridized carbons (Fsp3) is 0.750. The van der Waals surface area contributed by atoms with Crippen LogP contribution < -0.4 is 5.32 Å². The van der Waals surface area contributed by atoms with Crippen molar-refractivity contribution in [3.05, 3.63) is 16.6 Å². The topological polar surface area (TPSA) is 34.1 Å². The molecule has 1 aromatic rings. The van der Waals surface area contributed by atoms with E-state index in [0.29, 0.717) is 0 Å². The van der Waals surface area contributed by atoms with Crippen LogP contribution in [0.1, 0.15) is 38.6 Å². The van der Waals surface area contributed by atoms with Crippen molar-refractivity contribution in [2.75, 3.05) is 19.8 Å². The number of hydrogen-bond acceptors (Lipinski definition) is 4. The highest BCUT2D eigenvalue weighted by atomic mass is 32.1. The summed E-state index contributed by atoms with van der Waals surface area (Å²) in [6.07, 6.45) is 4.19. The first-order valence-electron chi connectivity index (χ1n) is 5.89. The molecule has 3 nitrogen and oxygen atoms in total. The molecule has 0 radical (unpaired) electrons. The van der Waals surface area contributed by atoms with E-state index in [0.717, 1.165) is 31.2 Å². The van der Waals surface area contributed by atoms with E-state index in [2.05, 4.69) is 31.1 Å². The maximum atomic E-state index is 5.51. The molecule has 0 saturated carbocycles. The fourth-order valence-corrected chi connectivity index (χ4v) is 2.13. The average molecular weight is 242 g/mol. The Kier molecular flexibility index (Phi) is 5.95. The molecule has 92 valence electrons. The molecular weight excluding hydrogens is 220 g/mol. The van der Waals surface area contributed by atoms with Crippen molar-refractivity contribution < 1.29 is 4.74 Å². The lowest BCUT2D eigenvalue weighted by molar-refractivity contribution is 0.127. The van der Waals surface area contributed by atoms with Crippen LogP contribution in [0.5, 0.6) is 0 Å². The molecule has 0 spiro atoms. The molecule has 1 heterocycles. The third-order valence-electron chi connectivity index (χ3n) is 2.42. The highest BCUT2D eigenvalue weighted by Gasteiger charge is 2.21. The van der Waals surface area contributed by atoms with Gasteiger partial charge in [-0.1, -0.05) is 13.3 Å². The van der Waals surface area contributed by atoms with Crippen molar-refractivity contribution in [1.29, 1.82) is 0 Å². The molecule has 0 bridgehead atoms. The Labute approximate surface area is 102 Å². The zero-order valence-electron chi connectivity index (χ0n) is 10.5. The minimum atomic E-state index is -0.0533. The predicted molar refractivity (Wildman–Crippen MR) is 68.9 cm³/mol. The fourth-order valence-electron chi connectivity index (χ4n) is 1.39.